The summed E-state index contributed by atoms with van der Waals surface area (Å²) in [4.78, 5) is 11.1. The summed E-state index contributed by atoms with van der Waals surface area (Å²) in [5, 5.41) is 9.07. The fraction of sp³-hybridized carbons (Fsp3) is 0.250. The maximum atomic E-state index is 13.2. The van der Waals surface area contributed by atoms with Crippen LogP contribution in [-0.2, 0) is 11.2 Å². The summed E-state index contributed by atoms with van der Waals surface area (Å²) in [6, 6.07) is 4.57. The molecule has 4 heteroatoms. The van der Waals surface area contributed by atoms with Crippen LogP contribution in [0.4, 0.5) is 4.39 Å². The van der Waals surface area contributed by atoms with Crippen molar-refractivity contribution in [3.05, 3.63) is 46.7 Å². The number of aliphatic carboxylic acids is 1. The van der Waals surface area contributed by atoms with Gasteiger partial charge in [-0.1, -0.05) is 18.2 Å². The standard InChI is InChI=1S/C12H12BrFO2/c1-3-12(2,11(15)16)7-8-5-4-6-9(14)10(8)13/h3-6H,1,7H2,2H3,(H,15,16). The minimum atomic E-state index is -1.09. The molecule has 2 nitrogen and oxygen atoms in total. The number of hydrogen-bond acceptors (Lipinski definition) is 1. The van der Waals surface area contributed by atoms with E-state index in [-0.39, 0.29) is 6.42 Å². The van der Waals surface area contributed by atoms with Crippen LogP contribution in [0.5, 0.6) is 0 Å². The minimum absolute atomic E-state index is 0.199. The molecule has 0 radical (unpaired) electrons. The first-order valence-electron chi connectivity index (χ1n) is 4.70. The smallest absolute Gasteiger partial charge is 0.313 e. The average molecular weight is 287 g/mol. The maximum Gasteiger partial charge on any atom is 0.313 e. The summed E-state index contributed by atoms with van der Waals surface area (Å²) >= 11 is 3.11. The molecule has 1 aromatic carbocycles. The van der Waals surface area contributed by atoms with E-state index in [1.54, 1.807) is 19.1 Å². The number of benzene rings is 1. The van der Waals surface area contributed by atoms with E-state index in [1.165, 1.54) is 12.1 Å². The van der Waals surface area contributed by atoms with Crippen molar-refractivity contribution in [2.24, 2.45) is 5.41 Å². The summed E-state index contributed by atoms with van der Waals surface area (Å²) in [5.41, 5.74) is -0.471. The molecule has 0 amide bonds. The summed E-state index contributed by atoms with van der Waals surface area (Å²) < 4.78 is 13.5. The Kier molecular flexibility index (Phi) is 3.86. The second kappa shape index (κ2) is 4.78. The van der Waals surface area contributed by atoms with Crippen molar-refractivity contribution in [3.63, 3.8) is 0 Å². The summed E-state index contributed by atoms with van der Waals surface area (Å²) in [5.74, 6) is -1.37. The third kappa shape index (κ3) is 2.50. The molecule has 1 atom stereocenters. The van der Waals surface area contributed by atoms with Gasteiger partial charge >= 0.3 is 5.97 Å². The molecule has 0 bridgehead atoms. The Balaban J connectivity index is 3.08. The Morgan fingerprint density at radius 1 is 1.69 bits per heavy atom. The van der Waals surface area contributed by atoms with Crippen LogP contribution in [0.2, 0.25) is 0 Å². The number of rotatable bonds is 4. The molecule has 1 unspecified atom stereocenters. The predicted molar refractivity (Wildman–Crippen MR) is 63.7 cm³/mol. The van der Waals surface area contributed by atoms with Gasteiger partial charge in [-0.25, -0.2) is 4.39 Å². The number of carboxylic acid groups (broad SMARTS) is 1. The fourth-order valence-corrected chi connectivity index (χ4v) is 1.72. The molecule has 0 spiro atoms. The van der Waals surface area contributed by atoms with Gasteiger partial charge < -0.3 is 5.11 Å². The van der Waals surface area contributed by atoms with E-state index in [0.29, 0.717) is 10.0 Å². The normalized spacial score (nSPS) is 14.2. The Morgan fingerprint density at radius 3 is 2.81 bits per heavy atom. The molecule has 0 saturated heterocycles. The second-order valence-corrected chi connectivity index (χ2v) is 4.61. The van der Waals surface area contributed by atoms with Gasteiger partial charge in [0.2, 0.25) is 0 Å². The molecule has 86 valence electrons. The van der Waals surface area contributed by atoms with E-state index in [0.717, 1.165) is 0 Å². The Bertz CT molecular complexity index is 431. The van der Waals surface area contributed by atoms with Crippen LogP contribution in [0.3, 0.4) is 0 Å². The maximum absolute atomic E-state index is 13.2. The lowest BCUT2D eigenvalue weighted by molar-refractivity contribution is -0.145. The summed E-state index contributed by atoms with van der Waals surface area (Å²) in [7, 11) is 0. The van der Waals surface area contributed by atoms with Crippen LogP contribution in [0.25, 0.3) is 0 Å². The number of halogens is 2. The summed E-state index contributed by atoms with van der Waals surface area (Å²) in [6.07, 6.45) is 1.57. The highest BCUT2D eigenvalue weighted by Crippen LogP contribution is 2.29. The van der Waals surface area contributed by atoms with Gasteiger partial charge in [0.1, 0.15) is 5.82 Å². The van der Waals surface area contributed by atoms with Crippen molar-refractivity contribution < 1.29 is 14.3 Å². The largest absolute Gasteiger partial charge is 0.481 e. The van der Waals surface area contributed by atoms with Gasteiger partial charge in [0, 0.05) is 0 Å². The van der Waals surface area contributed by atoms with E-state index in [9.17, 15) is 9.18 Å². The number of carboxylic acids is 1. The van der Waals surface area contributed by atoms with E-state index in [1.807, 2.05) is 0 Å². The highest BCUT2D eigenvalue weighted by molar-refractivity contribution is 9.10. The molecule has 0 heterocycles. The Morgan fingerprint density at radius 2 is 2.31 bits per heavy atom. The summed E-state index contributed by atoms with van der Waals surface area (Å²) in [6.45, 7) is 5.07. The zero-order valence-electron chi connectivity index (χ0n) is 8.84. The molecule has 0 aliphatic carbocycles. The monoisotopic (exact) mass is 286 g/mol. The average Bonchev–Trinajstić information content (AvgIpc) is 2.24. The Hall–Kier alpha value is -1.16. The number of carbonyl (C=O) groups is 1. The molecule has 0 saturated carbocycles. The van der Waals surface area contributed by atoms with Gasteiger partial charge in [0.05, 0.1) is 9.89 Å². The molecule has 0 aliphatic heterocycles. The zero-order chi connectivity index (χ0) is 12.3. The molecule has 1 N–H and O–H groups in total. The molecule has 0 fully saturated rings. The molecule has 0 aliphatic rings. The molecule has 0 aromatic heterocycles. The lowest BCUT2D eigenvalue weighted by atomic mass is 9.84. The predicted octanol–water partition coefficient (Wildman–Crippen LogP) is 3.41. The van der Waals surface area contributed by atoms with E-state index in [4.69, 9.17) is 5.11 Å². The third-order valence-corrected chi connectivity index (χ3v) is 3.42. The molecule has 1 aromatic rings. The molecule has 1 rings (SSSR count). The Labute approximate surface area is 102 Å². The first-order valence-corrected chi connectivity index (χ1v) is 5.50. The van der Waals surface area contributed by atoms with Crippen molar-refractivity contribution in [2.45, 2.75) is 13.3 Å². The van der Waals surface area contributed by atoms with Crippen molar-refractivity contribution in [2.75, 3.05) is 0 Å². The van der Waals surface area contributed by atoms with E-state index < -0.39 is 17.2 Å². The van der Waals surface area contributed by atoms with Crippen molar-refractivity contribution >= 4 is 21.9 Å². The van der Waals surface area contributed by atoms with Gasteiger partial charge in [-0.05, 0) is 40.9 Å². The van der Waals surface area contributed by atoms with Crippen LogP contribution < -0.4 is 0 Å². The van der Waals surface area contributed by atoms with Crippen molar-refractivity contribution in [1.82, 2.24) is 0 Å². The van der Waals surface area contributed by atoms with Gasteiger partial charge in [-0.3, -0.25) is 4.79 Å². The first kappa shape index (κ1) is 12.9. The van der Waals surface area contributed by atoms with Crippen LogP contribution in [0.1, 0.15) is 12.5 Å². The van der Waals surface area contributed by atoms with Gasteiger partial charge in [0.25, 0.3) is 0 Å². The quantitative estimate of drug-likeness (QED) is 0.862. The van der Waals surface area contributed by atoms with Gasteiger partial charge in [-0.2, -0.15) is 0 Å². The molecule has 16 heavy (non-hydrogen) atoms. The van der Waals surface area contributed by atoms with Crippen LogP contribution in [0, 0.1) is 11.2 Å². The van der Waals surface area contributed by atoms with Crippen molar-refractivity contribution in [1.29, 1.82) is 0 Å². The van der Waals surface area contributed by atoms with Gasteiger partial charge in [0.15, 0.2) is 0 Å². The van der Waals surface area contributed by atoms with Crippen LogP contribution >= 0.6 is 15.9 Å². The third-order valence-electron chi connectivity index (χ3n) is 2.53. The topological polar surface area (TPSA) is 37.3 Å². The lowest BCUT2D eigenvalue weighted by Gasteiger charge is -2.21. The minimum Gasteiger partial charge on any atom is -0.481 e. The number of hydrogen-bond donors (Lipinski definition) is 1. The van der Waals surface area contributed by atoms with E-state index in [2.05, 4.69) is 22.5 Å². The first-order chi connectivity index (χ1) is 7.40. The zero-order valence-corrected chi connectivity index (χ0v) is 10.4. The lowest BCUT2D eigenvalue weighted by Crippen LogP contribution is -2.27. The van der Waals surface area contributed by atoms with Crippen LogP contribution in [-0.4, -0.2) is 11.1 Å². The SMILES string of the molecule is C=CC(C)(Cc1cccc(F)c1Br)C(=O)O. The van der Waals surface area contributed by atoms with Crippen LogP contribution in [0.15, 0.2) is 35.3 Å². The fourth-order valence-electron chi connectivity index (χ4n) is 1.32. The van der Waals surface area contributed by atoms with E-state index >= 15 is 0 Å². The second-order valence-electron chi connectivity index (χ2n) is 3.82. The molecular formula is C12H12BrFO2. The van der Waals surface area contributed by atoms with Gasteiger partial charge in [-0.15, -0.1) is 6.58 Å². The molecular weight excluding hydrogens is 275 g/mol. The highest BCUT2D eigenvalue weighted by Gasteiger charge is 2.30. The van der Waals surface area contributed by atoms with Crippen molar-refractivity contribution in [3.8, 4) is 0 Å². The highest BCUT2D eigenvalue weighted by atomic mass is 79.9.